The highest BCUT2D eigenvalue weighted by Crippen LogP contribution is 2.32. The SMILES string of the molecule is CCc1nnc(N2CCN(Cc3ccc(CNc4cccc5c4C(=O)N(C4CCC(=O)NC4=O)C5=O)cc3)CC2)o1. The minimum absolute atomic E-state index is 0.0844. The number of aryl methyl sites for hydroxylation is 1. The number of carbonyl (C=O) groups is 4. The lowest BCUT2D eigenvalue weighted by Gasteiger charge is -2.33. The Bertz CT molecular complexity index is 1490. The topological polar surface area (TPSA) is 141 Å². The Balaban J connectivity index is 1.05. The van der Waals surface area contributed by atoms with Crippen LogP contribution in [0.15, 0.2) is 46.9 Å². The molecule has 41 heavy (non-hydrogen) atoms. The van der Waals surface area contributed by atoms with Crippen LogP contribution in [0.3, 0.4) is 0 Å². The van der Waals surface area contributed by atoms with Crippen molar-refractivity contribution in [2.45, 2.75) is 45.3 Å². The number of amides is 4. The van der Waals surface area contributed by atoms with Gasteiger partial charge in [-0.1, -0.05) is 42.4 Å². The van der Waals surface area contributed by atoms with Gasteiger partial charge in [0.05, 0.1) is 11.1 Å². The molecule has 0 radical (unpaired) electrons. The lowest BCUT2D eigenvalue weighted by molar-refractivity contribution is -0.136. The Kier molecular flexibility index (Phi) is 7.23. The number of carbonyl (C=O) groups excluding carboxylic acids is 4. The van der Waals surface area contributed by atoms with E-state index in [0.717, 1.165) is 49.6 Å². The number of benzene rings is 2. The first kappa shape index (κ1) is 26.6. The van der Waals surface area contributed by atoms with Crippen LogP contribution >= 0.6 is 0 Å². The number of hydrogen-bond donors (Lipinski definition) is 2. The van der Waals surface area contributed by atoms with Crippen molar-refractivity contribution in [2.24, 2.45) is 0 Å². The maximum Gasteiger partial charge on any atom is 0.318 e. The average molecular weight is 558 g/mol. The second-order valence-corrected chi connectivity index (χ2v) is 10.4. The summed E-state index contributed by atoms with van der Waals surface area (Å²) < 4.78 is 5.68. The number of aromatic nitrogens is 2. The molecule has 0 aliphatic carbocycles. The predicted octanol–water partition coefficient (Wildman–Crippen LogP) is 1.97. The van der Waals surface area contributed by atoms with Crippen molar-refractivity contribution in [2.75, 3.05) is 36.4 Å². The molecule has 2 N–H and O–H groups in total. The van der Waals surface area contributed by atoms with Gasteiger partial charge in [0.15, 0.2) is 0 Å². The van der Waals surface area contributed by atoms with E-state index < -0.39 is 29.7 Å². The quantitative estimate of drug-likeness (QED) is 0.395. The molecule has 1 atom stereocenters. The zero-order chi connectivity index (χ0) is 28.5. The molecule has 0 saturated carbocycles. The molecule has 2 saturated heterocycles. The molecule has 1 aromatic heterocycles. The number of piperazine rings is 1. The molecule has 12 nitrogen and oxygen atoms in total. The molecule has 6 rings (SSSR count). The van der Waals surface area contributed by atoms with Crippen molar-refractivity contribution in [1.82, 2.24) is 25.3 Å². The van der Waals surface area contributed by atoms with Gasteiger partial charge in [-0.3, -0.25) is 34.3 Å². The number of hydrogen-bond acceptors (Lipinski definition) is 10. The molecular formula is C29H31N7O5. The Labute approximate surface area is 236 Å². The predicted molar refractivity (Wildman–Crippen MR) is 148 cm³/mol. The van der Waals surface area contributed by atoms with Crippen molar-refractivity contribution >= 4 is 35.3 Å². The second-order valence-electron chi connectivity index (χ2n) is 10.4. The molecule has 12 heteroatoms. The first-order chi connectivity index (χ1) is 19.9. The van der Waals surface area contributed by atoms with Crippen molar-refractivity contribution in [3.8, 4) is 0 Å². The molecule has 4 amide bonds. The summed E-state index contributed by atoms with van der Waals surface area (Å²) in [4.78, 5) is 55.8. The highest BCUT2D eigenvalue weighted by molar-refractivity contribution is 6.25. The first-order valence-electron chi connectivity index (χ1n) is 13.9. The molecule has 3 aromatic rings. The van der Waals surface area contributed by atoms with E-state index in [1.807, 2.05) is 6.92 Å². The van der Waals surface area contributed by atoms with Gasteiger partial charge in [-0.2, -0.15) is 0 Å². The van der Waals surface area contributed by atoms with E-state index >= 15 is 0 Å². The van der Waals surface area contributed by atoms with Crippen LogP contribution in [0.4, 0.5) is 11.7 Å². The molecule has 0 spiro atoms. The van der Waals surface area contributed by atoms with E-state index in [1.54, 1.807) is 18.2 Å². The Morgan fingerprint density at radius 3 is 2.41 bits per heavy atom. The van der Waals surface area contributed by atoms with Gasteiger partial charge in [-0.05, 0) is 29.7 Å². The molecule has 3 aliphatic heterocycles. The molecule has 2 aromatic carbocycles. The average Bonchev–Trinajstić information content (AvgIpc) is 3.56. The lowest BCUT2D eigenvalue weighted by atomic mass is 10.0. The fourth-order valence-corrected chi connectivity index (χ4v) is 5.49. The summed E-state index contributed by atoms with van der Waals surface area (Å²) in [6, 6.07) is 13.0. The van der Waals surface area contributed by atoms with Gasteiger partial charge in [0, 0.05) is 57.8 Å². The summed E-state index contributed by atoms with van der Waals surface area (Å²) >= 11 is 0. The van der Waals surface area contributed by atoms with Crippen molar-refractivity contribution in [1.29, 1.82) is 0 Å². The van der Waals surface area contributed by atoms with E-state index in [4.69, 9.17) is 4.42 Å². The van der Waals surface area contributed by atoms with E-state index in [-0.39, 0.29) is 24.0 Å². The Morgan fingerprint density at radius 2 is 1.71 bits per heavy atom. The molecule has 212 valence electrons. The first-order valence-corrected chi connectivity index (χ1v) is 13.9. The third-order valence-electron chi connectivity index (χ3n) is 7.78. The zero-order valence-electron chi connectivity index (χ0n) is 22.8. The molecule has 4 heterocycles. The number of nitrogens with one attached hydrogen (secondary N) is 2. The highest BCUT2D eigenvalue weighted by Gasteiger charge is 2.45. The number of imide groups is 2. The summed E-state index contributed by atoms with van der Waals surface area (Å²) in [5, 5.41) is 13.7. The number of nitrogens with zero attached hydrogens (tertiary/aromatic N) is 5. The molecule has 0 bridgehead atoms. The van der Waals surface area contributed by atoms with Crippen LogP contribution in [0.25, 0.3) is 0 Å². The normalized spacial score (nSPS) is 19.5. The van der Waals surface area contributed by atoms with E-state index in [9.17, 15) is 19.2 Å². The summed E-state index contributed by atoms with van der Waals surface area (Å²) in [6.45, 7) is 6.74. The fourth-order valence-electron chi connectivity index (χ4n) is 5.49. The number of fused-ring (bicyclic) bond motifs is 1. The van der Waals surface area contributed by atoms with Gasteiger partial charge in [-0.25, -0.2) is 0 Å². The van der Waals surface area contributed by atoms with Crippen molar-refractivity contribution in [3.63, 3.8) is 0 Å². The van der Waals surface area contributed by atoms with E-state index in [2.05, 4.69) is 54.9 Å². The number of rotatable bonds is 8. The van der Waals surface area contributed by atoms with Crippen LogP contribution < -0.4 is 15.5 Å². The van der Waals surface area contributed by atoms with Crippen LogP contribution in [0, 0.1) is 0 Å². The second kappa shape index (κ2) is 11.1. The molecule has 3 aliphatic rings. The fraction of sp³-hybridized carbons (Fsp3) is 0.379. The lowest BCUT2D eigenvalue weighted by Crippen LogP contribution is -2.54. The summed E-state index contributed by atoms with van der Waals surface area (Å²) in [7, 11) is 0. The van der Waals surface area contributed by atoms with Gasteiger partial charge in [0.1, 0.15) is 6.04 Å². The van der Waals surface area contributed by atoms with E-state index in [0.29, 0.717) is 24.1 Å². The zero-order valence-corrected chi connectivity index (χ0v) is 22.8. The molecular weight excluding hydrogens is 526 g/mol. The maximum absolute atomic E-state index is 13.3. The smallest absolute Gasteiger partial charge is 0.318 e. The highest BCUT2D eigenvalue weighted by atomic mass is 16.4. The Morgan fingerprint density at radius 1 is 0.951 bits per heavy atom. The van der Waals surface area contributed by atoms with Crippen LogP contribution in [0.2, 0.25) is 0 Å². The monoisotopic (exact) mass is 557 g/mol. The summed E-state index contributed by atoms with van der Waals surface area (Å²) in [6.07, 6.45) is 0.938. The minimum atomic E-state index is -0.990. The van der Waals surface area contributed by atoms with Crippen molar-refractivity contribution in [3.05, 3.63) is 70.6 Å². The van der Waals surface area contributed by atoms with Gasteiger partial charge >= 0.3 is 6.01 Å². The Hall–Kier alpha value is -4.58. The van der Waals surface area contributed by atoms with Gasteiger partial charge in [0.2, 0.25) is 17.7 Å². The molecule has 2 fully saturated rings. The van der Waals surface area contributed by atoms with Gasteiger partial charge < -0.3 is 14.6 Å². The third-order valence-corrected chi connectivity index (χ3v) is 7.78. The number of piperidine rings is 1. The van der Waals surface area contributed by atoms with Gasteiger partial charge in [-0.15, -0.1) is 5.10 Å². The van der Waals surface area contributed by atoms with Crippen LogP contribution in [-0.4, -0.2) is 75.8 Å². The summed E-state index contributed by atoms with van der Waals surface area (Å²) in [5.74, 6) is -1.41. The summed E-state index contributed by atoms with van der Waals surface area (Å²) in [5.41, 5.74) is 3.27. The largest absolute Gasteiger partial charge is 0.408 e. The minimum Gasteiger partial charge on any atom is -0.408 e. The van der Waals surface area contributed by atoms with Crippen molar-refractivity contribution < 1.29 is 23.6 Å². The molecule has 1 unspecified atom stereocenters. The van der Waals surface area contributed by atoms with E-state index in [1.165, 1.54) is 5.56 Å². The standard InChI is InChI=1S/C29H31N7O5/c1-2-24-32-33-29(41-24)35-14-12-34(13-15-35)17-19-8-6-18(7-9-19)16-30-21-5-3-4-20-25(21)28(40)36(27(20)39)22-10-11-23(37)31-26(22)38/h3-9,22,30H,2,10-17H2,1H3,(H,31,37,38). The number of anilines is 2. The van der Waals surface area contributed by atoms with Gasteiger partial charge in [0.25, 0.3) is 11.8 Å². The van der Waals surface area contributed by atoms with Crippen LogP contribution in [-0.2, 0) is 29.1 Å². The maximum atomic E-state index is 13.3. The van der Waals surface area contributed by atoms with Crippen LogP contribution in [0.1, 0.15) is 57.5 Å². The third kappa shape index (κ3) is 5.30. The van der Waals surface area contributed by atoms with Crippen LogP contribution in [0.5, 0.6) is 0 Å².